The quantitative estimate of drug-likeness (QED) is 0.275. The zero-order chi connectivity index (χ0) is 29.2. The van der Waals surface area contributed by atoms with E-state index in [-0.39, 0.29) is 29.3 Å². The van der Waals surface area contributed by atoms with Crippen molar-refractivity contribution in [3.63, 3.8) is 0 Å². The Morgan fingerprint density at radius 1 is 1.20 bits per heavy atom. The second-order valence-electron chi connectivity index (χ2n) is 13.1. The van der Waals surface area contributed by atoms with Crippen LogP contribution in [0, 0.1) is 0 Å². The maximum absolute atomic E-state index is 13.6. The highest BCUT2D eigenvalue weighted by atomic mass is 35.5. The van der Waals surface area contributed by atoms with Crippen LogP contribution < -0.4 is 14.8 Å². The Morgan fingerprint density at radius 2 is 1.93 bits per heavy atom. The Balaban J connectivity index is 1.27. The number of amides is 1. The van der Waals surface area contributed by atoms with Gasteiger partial charge in [0.25, 0.3) is 0 Å². The molecule has 1 unspecified atom stereocenters. The Bertz CT molecular complexity index is 1470. The molecule has 1 saturated heterocycles. The van der Waals surface area contributed by atoms with Gasteiger partial charge in [0.05, 0.1) is 19.5 Å². The molecule has 218 valence electrons. The van der Waals surface area contributed by atoms with Crippen LogP contribution in [0.25, 0.3) is 0 Å². The normalized spacial score (nSPS) is 22.5. The van der Waals surface area contributed by atoms with Gasteiger partial charge in [-0.1, -0.05) is 81.1 Å². The van der Waals surface area contributed by atoms with Crippen molar-refractivity contribution in [2.45, 2.75) is 81.4 Å². The summed E-state index contributed by atoms with van der Waals surface area (Å²) in [6.07, 6.45) is 3.72. The number of likely N-dealkylation sites (tertiary alicyclic amines) is 1. The number of hydrogen-bond donors (Lipinski definition) is 2. The summed E-state index contributed by atoms with van der Waals surface area (Å²) in [6.45, 7) is 12.7. The van der Waals surface area contributed by atoms with Crippen LogP contribution in [0.5, 0.6) is 11.5 Å². The highest BCUT2D eigenvalue weighted by Gasteiger charge is 2.53. The number of thiazole rings is 1. The first-order valence-electron chi connectivity index (χ1n) is 14.3. The van der Waals surface area contributed by atoms with Gasteiger partial charge in [0.15, 0.2) is 16.6 Å². The minimum absolute atomic E-state index is 0.0641. The largest absolute Gasteiger partial charge is 0.454 e. The third-order valence-electron chi connectivity index (χ3n) is 9.91. The van der Waals surface area contributed by atoms with E-state index in [9.17, 15) is 9.90 Å². The van der Waals surface area contributed by atoms with E-state index in [4.69, 9.17) is 21.1 Å². The highest BCUT2D eigenvalue weighted by molar-refractivity contribution is 7.15. The summed E-state index contributed by atoms with van der Waals surface area (Å²) in [7, 11) is -1.82. The van der Waals surface area contributed by atoms with E-state index in [1.807, 2.05) is 48.7 Å². The van der Waals surface area contributed by atoms with Gasteiger partial charge in [0.2, 0.25) is 12.7 Å². The second-order valence-corrected chi connectivity index (χ2v) is 20.3. The highest BCUT2D eigenvalue weighted by Crippen LogP contribution is 2.53. The number of ether oxygens (including phenoxy) is 2. The van der Waals surface area contributed by atoms with E-state index in [1.54, 1.807) is 0 Å². The number of aliphatic hydroxyl groups excluding tert-OH is 1. The monoisotopic (exact) mass is 611 g/mol. The molecule has 2 aliphatic heterocycles. The van der Waals surface area contributed by atoms with Gasteiger partial charge in [-0.25, -0.2) is 4.98 Å². The summed E-state index contributed by atoms with van der Waals surface area (Å²) >= 11 is 8.20. The van der Waals surface area contributed by atoms with Gasteiger partial charge in [-0.05, 0) is 59.2 Å². The number of aromatic nitrogens is 1. The fourth-order valence-electron chi connectivity index (χ4n) is 6.22. The lowest BCUT2D eigenvalue weighted by atomic mass is 9.94. The molecule has 0 bridgehead atoms. The van der Waals surface area contributed by atoms with E-state index >= 15 is 0 Å². The van der Waals surface area contributed by atoms with E-state index in [0.29, 0.717) is 21.7 Å². The number of halogens is 1. The maximum Gasteiger partial charge on any atom is 0.236 e. The van der Waals surface area contributed by atoms with Crippen molar-refractivity contribution in [1.29, 1.82) is 0 Å². The molecule has 10 heteroatoms. The van der Waals surface area contributed by atoms with Gasteiger partial charge in [-0.3, -0.25) is 9.69 Å². The zero-order valence-electron chi connectivity index (χ0n) is 24.2. The van der Waals surface area contributed by atoms with Crippen LogP contribution in [0.15, 0.2) is 48.7 Å². The summed E-state index contributed by atoms with van der Waals surface area (Å²) in [6, 6.07) is 13.3. The lowest BCUT2D eigenvalue weighted by Crippen LogP contribution is -2.48. The van der Waals surface area contributed by atoms with Crippen molar-refractivity contribution in [3.8, 4) is 11.5 Å². The molecule has 2 N–H and O–H groups in total. The number of rotatable bonds is 7. The zero-order valence-corrected chi connectivity index (χ0v) is 26.8. The fraction of sp³-hybridized carbons (Fsp3) is 0.484. The molecule has 0 spiro atoms. The van der Waals surface area contributed by atoms with Crippen LogP contribution >= 0.6 is 22.9 Å². The SMILES string of the molecule is CC(C)(C)[Si](C)(C)[C@@H]1CCN(C(c2cnc(NC(=O)C3(c4ccc5c(c4)OCO5)CC3)s2)c2ccccc2Cl)[C@@H]1O. The first-order valence-corrected chi connectivity index (χ1v) is 18.6. The van der Waals surface area contributed by atoms with Gasteiger partial charge in [-0.15, -0.1) is 0 Å². The molecule has 0 radical (unpaired) electrons. The van der Waals surface area contributed by atoms with Gasteiger partial charge in [0.1, 0.15) is 6.23 Å². The summed E-state index contributed by atoms with van der Waals surface area (Å²) < 4.78 is 11.0. The number of nitrogens with zero attached hydrogens (tertiary/aromatic N) is 2. The number of benzene rings is 2. The van der Waals surface area contributed by atoms with Crippen LogP contribution in [0.1, 0.15) is 62.1 Å². The minimum Gasteiger partial charge on any atom is -0.454 e. The molecule has 3 heterocycles. The molecule has 1 saturated carbocycles. The number of carbonyl (C=O) groups is 1. The fourth-order valence-corrected chi connectivity index (χ4v) is 10.3. The van der Waals surface area contributed by atoms with Crippen molar-refractivity contribution >= 4 is 42.1 Å². The van der Waals surface area contributed by atoms with E-state index < -0.39 is 19.7 Å². The summed E-state index contributed by atoms with van der Waals surface area (Å²) in [5, 5.41) is 16.3. The summed E-state index contributed by atoms with van der Waals surface area (Å²) in [4.78, 5) is 21.3. The summed E-state index contributed by atoms with van der Waals surface area (Å²) in [5.74, 6) is 1.33. The standard InChI is InChI=1S/C31H38ClN3O4SSi/c1-30(2,3)41(4,5)25-12-15-35(27(25)36)26(20-8-6-7-9-21(20)32)24-17-33-29(40-24)34-28(37)31(13-14-31)19-10-11-22-23(16-19)39-18-38-22/h6-11,16-17,25-27,36H,12-15,18H2,1-5H3,(H,33,34,37)/t25-,26?,27-/m1/s1. The topological polar surface area (TPSA) is 83.9 Å². The van der Waals surface area contributed by atoms with Crippen LogP contribution in [0.2, 0.25) is 28.7 Å². The molecule has 3 aromatic rings. The Kier molecular flexibility index (Phi) is 7.26. The van der Waals surface area contributed by atoms with Gasteiger partial charge in [0, 0.05) is 22.6 Å². The van der Waals surface area contributed by atoms with Crippen molar-refractivity contribution in [2.24, 2.45) is 0 Å². The van der Waals surface area contributed by atoms with Crippen molar-refractivity contribution < 1.29 is 19.4 Å². The minimum atomic E-state index is -1.82. The first kappa shape index (κ1) is 28.7. The lowest BCUT2D eigenvalue weighted by molar-refractivity contribution is -0.118. The molecule has 6 rings (SSSR count). The number of hydrogen-bond acceptors (Lipinski definition) is 7. The smallest absolute Gasteiger partial charge is 0.236 e. The number of carbonyl (C=O) groups excluding carboxylic acids is 1. The molecular formula is C31H38ClN3O4SSi. The van der Waals surface area contributed by atoms with Crippen molar-refractivity contribution in [3.05, 3.63) is 69.7 Å². The van der Waals surface area contributed by atoms with Gasteiger partial charge >= 0.3 is 0 Å². The second kappa shape index (κ2) is 10.4. The van der Waals surface area contributed by atoms with Gasteiger partial charge in [-0.2, -0.15) is 0 Å². The Labute approximate surface area is 251 Å². The Hall–Kier alpha value is -2.43. The third-order valence-corrected chi connectivity index (χ3v) is 17.5. The van der Waals surface area contributed by atoms with Crippen LogP contribution in [0.4, 0.5) is 5.13 Å². The summed E-state index contributed by atoms with van der Waals surface area (Å²) in [5.41, 5.74) is 1.51. The lowest BCUT2D eigenvalue weighted by Gasteiger charge is -2.44. The third kappa shape index (κ3) is 4.99. The average Bonchev–Trinajstić information content (AvgIpc) is 3.20. The van der Waals surface area contributed by atoms with Crippen LogP contribution in [-0.4, -0.2) is 48.5 Å². The van der Waals surface area contributed by atoms with Crippen LogP contribution in [0.3, 0.4) is 0 Å². The van der Waals surface area contributed by atoms with E-state index in [1.165, 1.54) is 11.3 Å². The number of fused-ring (bicyclic) bond motifs is 1. The average molecular weight is 612 g/mol. The van der Waals surface area contributed by atoms with Crippen molar-refractivity contribution in [2.75, 3.05) is 18.7 Å². The molecule has 3 atom stereocenters. The molecule has 1 amide bonds. The number of nitrogens with one attached hydrogen (secondary N) is 1. The molecular weight excluding hydrogens is 574 g/mol. The molecule has 2 aromatic carbocycles. The first-order chi connectivity index (χ1) is 19.4. The number of aliphatic hydroxyl groups is 1. The molecule has 41 heavy (non-hydrogen) atoms. The van der Waals surface area contributed by atoms with Gasteiger partial charge < -0.3 is 19.9 Å². The molecule has 1 aliphatic carbocycles. The Morgan fingerprint density at radius 3 is 2.63 bits per heavy atom. The molecule has 3 aliphatic rings. The molecule has 1 aromatic heterocycles. The predicted octanol–water partition coefficient (Wildman–Crippen LogP) is 7.19. The maximum atomic E-state index is 13.6. The molecule has 2 fully saturated rings. The van der Waals surface area contributed by atoms with Crippen molar-refractivity contribution in [1.82, 2.24) is 9.88 Å². The number of anilines is 1. The van der Waals surface area contributed by atoms with E-state index in [2.05, 4.69) is 49.1 Å². The van der Waals surface area contributed by atoms with E-state index in [0.717, 1.165) is 41.8 Å². The van der Waals surface area contributed by atoms with Crippen LogP contribution in [-0.2, 0) is 10.2 Å². The predicted molar refractivity (Wildman–Crippen MR) is 166 cm³/mol. The molecule has 7 nitrogen and oxygen atoms in total.